The highest BCUT2D eigenvalue weighted by atomic mass is 32.2. The molecule has 0 fully saturated rings. The van der Waals surface area contributed by atoms with Crippen LogP contribution in [-0.4, -0.2) is 38.9 Å². The highest BCUT2D eigenvalue weighted by molar-refractivity contribution is 7.90. The molecule has 0 saturated carbocycles. The molecule has 0 heterocycles. The van der Waals surface area contributed by atoms with E-state index in [0.29, 0.717) is 18.3 Å². The van der Waals surface area contributed by atoms with Gasteiger partial charge in [-0.25, -0.2) is 0 Å². The molecule has 0 bridgehead atoms. The molecule has 6 heteroatoms. The summed E-state index contributed by atoms with van der Waals surface area (Å²) >= 11 is 0. The Morgan fingerprint density at radius 3 is 2.50 bits per heavy atom. The van der Waals surface area contributed by atoms with Crippen molar-refractivity contribution >= 4 is 15.9 Å². The lowest BCUT2D eigenvalue weighted by Crippen LogP contribution is -2.35. The Labute approximate surface area is 122 Å². The summed E-state index contributed by atoms with van der Waals surface area (Å²) < 4.78 is 28.3. The highest BCUT2D eigenvalue weighted by Gasteiger charge is 2.17. The first-order valence-electron chi connectivity index (χ1n) is 6.86. The normalized spacial score (nSPS) is 12.1. The zero-order valence-corrected chi connectivity index (χ0v) is 13.5. The van der Waals surface area contributed by atoms with E-state index in [1.54, 1.807) is 13.1 Å². The van der Waals surface area contributed by atoms with Gasteiger partial charge in [0.15, 0.2) is 0 Å². The van der Waals surface area contributed by atoms with Crippen LogP contribution in [0.25, 0.3) is 0 Å². The maximum absolute atomic E-state index is 12.2. The van der Waals surface area contributed by atoms with Gasteiger partial charge in [-0.3, -0.25) is 4.72 Å². The SMILES string of the molecule is Cc1ccccc1NS(=O)(=O)N(C)CCCNC(C)C. The van der Waals surface area contributed by atoms with Gasteiger partial charge >= 0.3 is 10.2 Å². The topological polar surface area (TPSA) is 61.4 Å². The van der Waals surface area contributed by atoms with Crippen molar-refractivity contribution in [3.63, 3.8) is 0 Å². The van der Waals surface area contributed by atoms with E-state index in [0.717, 1.165) is 18.5 Å². The highest BCUT2D eigenvalue weighted by Crippen LogP contribution is 2.15. The van der Waals surface area contributed by atoms with Gasteiger partial charge in [0.2, 0.25) is 0 Å². The van der Waals surface area contributed by atoms with E-state index < -0.39 is 10.2 Å². The second-order valence-electron chi connectivity index (χ2n) is 5.21. The predicted octanol–water partition coefficient (Wildman–Crippen LogP) is 1.97. The van der Waals surface area contributed by atoms with Gasteiger partial charge in [-0.1, -0.05) is 32.0 Å². The van der Waals surface area contributed by atoms with E-state index in [9.17, 15) is 8.42 Å². The first-order chi connectivity index (χ1) is 9.33. The van der Waals surface area contributed by atoms with Gasteiger partial charge in [0.1, 0.15) is 0 Å². The largest absolute Gasteiger partial charge is 0.314 e. The Balaban J connectivity index is 2.53. The van der Waals surface area contributed by atoms with E-state index >= 15 is 0 Å². The zero-order valence-electron chi connectivity index (χ0n) is 12.7. The molecule has 114 valence electrons. The summed E-state index contributed by atoms with van der Waals surface area (Å²) in [7, 11) is -1.89. The molecule has 0 spiro atoms. The quantitative estimate of drug-likeness (QED) is 0.722. The van der Waals surface area contributed by atoms with Crippen molar-refractivity contribution in [2.24, 2.45) is 0 Å². The minimum absolute atomic E-state index is 0.419. The second-order valence-corrected chi connectivity index (χ2v) is 6.98. The fourth-order valence-electron chi connectivity index (χ4n) is 1.72. The molecular formula is C14H25N3O2S. The number of hydrogen-bond acceptors (Lipinski definition) is 3. The third-order valence-electron chi connectivity index (χ3n) is 3.00. The predicted molar refractivity (Wildman–Crippen MR) is 84.1 cm³/mol. The standard InChI is InChI=1S/C14H25N3O2S/c1-12(2)15-10-7-11-17(4)20(18,19)16-14-9-6-5-8-13(14)3/h5-6,8-9,12,15-16H,7,10-11H2,1-4H3. The summed E-state index contributed by atoms with van der Waals surface area (Å²) in [4.78, 5) is 0. The van der Waals surface area contributed by atoms with Crippen molar-refractivity contribution in [3.8, 4) is 0 Å². The van der Waals surface area contributed by atoms with E-state index in [2.05, 4.69) is 23.9 Å². The van der Waals surface area contributed by atoms with Crippen molar-refractivity contribution in [3.05, 3.63) is 29.8 Å². The summed E-state index contributed by atoms with van der Waals surface area (Å²) in [6, 6.07) is 7.76. The van der Waals surface area contributed by atoms with E-state index in [1.165, 1.54) is 4.31 Å². The van der Waals surface area contributed by atoms with Crippen LogP contribution in [0, 0.1) is 6.92 Å². The molecule has 0 radical (unpaired) electrons. The average molecular weight is 299 g/mol. The molecule has 0 aromatic heterocycles. The molecule has 0 unspecified atom stereocenters. The number of rotatable bonds is 8. The molecule has 2 N–H and O–H groups in total. The maximum Gasteiger partial charge on any atom is 0.301 e. The smallest absolute Gasteiger partial charge is 0.301 e. The van der Waals surface area contributed by atoms with E-state index in [1.807, 2.05) is 25.1 Å². The number of nitrogens with one attached hydrogen (secondary N) is 2. The number of hydrogen-bond donors (Lipinski definition) is 2. The first-order valence-corrected chi connectivity index (χ1v) is 8.30. The molecule has 1 aromatic rings. The van der Waals surface area contributed by atoms with Crippen LogP contribution >= 0.6 is 0 Å². The van der Waals surface area contributed by atoms with Crippen LogP contribution in [0.2, 0.25) is 0 Å². The zero-order chi connectivity index (χ0) is 15.2. The summed E-state index contributed by atoms with van der Waals surface area (Å²) in [6.45, 7) is 7.31. The molecular weight excluding hydrogens is 274 g/mol. The van der Waals surface area contributed by atoms with Crippen LogP contribution in [0.15, 0.2) is 24.3 Å². The van der Waals surface area contributed by atoms with Crippen LogP contribution in [0.3, 0.4) is 0 Å². The number of anilines is 1. The number of benzene rings is 1. The Kier molecular flexibility index (Phi) is 6.45. The fourth-order valence-corrected chi connectivity index (χ4v) is 2.75. The molecule has 0 atom stereocenters. The molecule has 0 aliphatic heterocycles. The van der Waals surface area contributed by atoms with Gasteiger partial charge in [-0.15, -0.1) is 0 Å². The first kappa shape index (κ1) is 16.9. The fraction of sp³-hybridized carbons (Fsp3) is 0.571. The Morgan fingerprint density at radius 2 is 1.90 bits per heavy atom. The van der Waals surface area contributed by atoms with E-state index in [-0.39, 0.29) is 0 Å². The Hall–Kier alpha value is -1.11. The van der Waals surface area contributed by atoms with Crippen molar-refractivity contribution in [1.29, 1.82) is 0 Å². The molecule has 0 amide bonds. The van der Waals surface area contributed by atoms with Crippen molar-refractivity contribution in [2.45, 2.75) is 33.2 Å². The molecule has 1 rings (SSSR count). The lowest BCUT2D eigenvalue weighted by molar-refractivity contribution is 0.451. The molecule has 0 aliphatic carbocycles. The van der Waals surface area contributed by atoms with E-state index in [4.69, 9.17) is 0 Å². The summed E-state index contributed by atoms with van der Waals surface area (Å²) in [6.07, 6.45) is 0.781. The third-order valence-corrected chi connectivity index (χ3v) is 4.48. The van der Waals surface area contributed by atoms with Gasteiger partial charge in [0, 0.05) is 19.6 Å². The van der Waals surface area contributed by atoms with Gasteiger partial charge in [0.25, 0.3) is 0 Å². The van der Waals surface area contributed by atoms with Gasteiger partial charge in [0.05, 0.1) is 5.69 Å². The van der Waals surface area contributed by atoms with Crippen molar-refractivity contribution in [2.75, 3.05) is 24.9 Å². The maximum atomic E-state index is 12.2. The minimum atomic E-state index is -3.48. The van der Waals surface area contributed by atoms with Crippen molar-refractivity contribution < 1.29 is 8.42 Å². The molecule has 0 saturated heterocycles. The molecule has 5 nitrogen and oxygen atoms in total. The van der Waals surface area contributed by atoms with Crippen LogP contribution in [0.5, 0.6) is 0 Å². The number of para-hydroxylation sites is 1. The number of nitrogens with zero attached hydrogens (tertiary/aromatic N) is 1. The average Bonchev–Trinajstić information content (AvgIpc) is 2.36. The molecule has 0 aliphatic rings. The Bertz CT molecular complexity index is 515. The minimum Gasteiger partial charge on any atom is -0.314 e. The lowest BCUT2D eigenvalue weighted by Gasteiger charge is -2.19. The molecule has 20 heavy (non-hydrogen) atoms. The van der Waals surface area contributed by atoms with Gasteiger partial charge in [-0.05, 0) is 31.5 Å². The van der Waals surface area contributed by atoms with Crippen LogP contribution in [0.1, 0.15) is 25.8 Å². The second kappa shape index (κ2) is 7.61. The summed E-state index contributed by atoms with van der Waals surface area (Å²) in [5, 5.41) is 3.27. The number of aryl methyl sites for hydroxylation is 1. The monoisotopic (exact) mass is 299 g/mol. The van der Waals surface area contributed by atoms with Crippen LogP contribution in [-0.2, 0) is 10.2 Å². The van der Waals surface area contributed by atoms with Crippen LogP contribution < -0.4 is 10.0 Å². The molecule has 1 aromatic carbocycles. The third kappa shape index (κ3) is 5.48. The van der Waals surface area contributed by atoms with Crippen LogP contribution in [0.4, 0.5) is 5.69 Å². The summed E-state index contributed by atoms with van der Waals surface area (Å²) in [5.74, 6) is 0. The van der Waals surface area contributed by atoms with Gasteiger partial charge < -0.3 is 5.32 Å². The van der Waals surface area contributed by atoms with Gasteiger partial charge in [-0.2, -0.15) is 12.7 Å². The summed E-state index contributed by atoms with van der Waals surface area (Å²) in [5.41, 5.74) is 1.53. The van der Waals surface area contributed by atoms with Crippen molar-refractivity contribution in [1.82, 2.24) is 9.62 Å². The lowest BCUT2D eigenvalue weighted by atomic mass is 10.2. The Morgan fingerprint density at radius 1 is 1.25 bits per heavy atom.